The van der Waals surface area contributed by atoms with Crippen LogP contribution in [0.25, 0.3) is 0 Å². The number of pyridine rings is 1. The smallest absolute Gasteiger partial charge is 0.258 e. The van der Waals surface area contributed by atoms with Gasteiger partial charge in [0.2, 0.25) is 0 Å². The summed E-state index contributed by atoms with van der Waals surface area (Å²) in [6, 6.07) is 5.48. The number of anilines is 1. The predicted molar refractivity (Wildman–Crippen MR) is 85.7 cm³/mol. The number of aryl methyl sites for hydroxylation is 1. The van der Waals surface area contributed by atoms with Crippen LogP contribution in [0.3, 0.4) is 0 Å². The molecular weight excluding hydrogens is 284 g/mol. The molecule has 0 aliphatic carbocycles. The highest BCUT2D eigenvalue weighted by Crippen LogP contribution is 2.15. The fourth-order valence-electron chi connectivity index (χ4n) is 1.86. The molecule has 0 saturated carbocycles. The molecule has 2 aromatic heterocycles. The van der Waals surface area contributed by atoms with Crippen molar-refractivity contribution in [3.63, 3.8) is 0 Å². The van der Waals surface area contributed by atoms with Gasteiger partial charge in [0, 0.05) is 18.8 Å². The van der Waals surface area contributed by atoms with Gasteiger partial charge in [-0.15, -0.1) is 11.8 Å². The number of aromatic nitrogens is 3. The van der Waals surface area contributed by atoms with Crippen molar-refractivity contribution in [2.75, 3.05) is 11.1 Å². The molecule has 5 nitrogen and oxygen atoms in total. The van der Waals surface area contributed by atoms with E-state index in [-0.39, 0.29) is 5.91 Å². The van der Waals surface area contributed by atoms with Gasteiger partial charge in [-0.3, -0.25) is 4.79 Å². The van der Waals surface area contributed by atoms with Gasteiger partial charge in [0.15, 0.2) is 0 Å². The molecule has 0 atom stereocenters. The molecule has 2 heterocycles. The summed E-state index contributed by atoms with van der Waals surface area (Å²) in [4.78, 5) is 16.5. The first-order valence-electron chi connectivity index (χ1n) is 7.16. The highest BCUT2D eigenvalue weighted by atomic mass is 32.2. The van der Waals surface area contributed by atoms with E-state index in [1.807, 2.05) is 16.8 Å². The number of rotatable bonds is 7. The monoisotopic (exact) mass is 304 g/mol. The topological polar surface area (TPSA) is 59.8 Å². The van der Waals surface area contributed by atoms with Gasteiger partial charge < -0.3 is 5.32 Å². The number of unbranched alkanes of at least 4 members (excludes halogenated alkanes) is 1. The fraction of sp³-hybridized carbons (Fsp3) is 0.400. The van der Waals surface area contributed by atoms with Gasteiger partial charge in [-0.2, -0.15) is 5.10 Å². The summed E-state index contributed by atoms with van der Waals surface area (Å²) >= 11 is 1.66. The summed E-state index contributed by atoms with van der Waals surface area (Å²) in [7, 11) is 0. The molecule has 2 rings (SSSR count). The third-order valence-corrected chi connectivity index (χ3v) is 3.80. The molecule has 0 aromatic carbocycles. The van der Waals surface area contributed by atoms with Crippen molar-refractivity contribution in [1.29, 1.82) is 0 Å². The normalized spacial score (nSPS) is 10.6. The first-order valence-corrected chi connectivity index (χ1v) is 8.15. The largest absolute Gasteiger partial charge is 0.307 e. The fourth-order valence-corrected chi connectivity index (χ4v) is 2.45. The average molecular weight is 304 g/mol. The lowest BCUT2D eigenvalue weighted by atomic mass is 10.3. The number of hydrogen-bond donors (Lipinski definition) is 1. The van der Waals surface area contributed by atoms with Crippen LogP contribution in [0.4, 0.5) is 5.82 Å². The molecule has 2 aromatic rings. The van der Waals surface area contributed by atoms with Crippen molar-refractivity contribution in [3.8, 4) is 0 Å². The first kappa shape index (κ1) is 15.6. The molecule has 0 radical (unpaired) electrons. The molecule has 0 aliphatic heterocycles. The number of nitrogens with zero attached hydrogens (tertiary/aromatic N) is 3. The molecule has 112 valence electrons. The van der Waals surface area contributed by atoms with Gasteiger partial charge in [-0.05, 0) is 24.3 Å². The maximum Gasteiger partial charge on any atom is 0.258 e. The molecule has 0 fully saturated rings. The van der Waals surface area contributed by atoms with Crippen molar-refractivity contribution < 1.29 is 4.79 Å². The predicted octanol–water partition coefficient (Wildman–Crippen LogP) is 3.44. The molecule has 21 heavy (non-hydrogen) atoms. The number of thioether (sulfide) groups is 1. The minimum atomic E-state index is -0.159. The van der Waals surface area contributed by atoms with Crippen LogP contribution < -0.4 is 5.32 Å². The van der Waals surface area contributed by atoms with E-state index in [9.17, 15) is 4.79 Å². The van der Waals surface area contributed by atoms with Crippen LogP contribution in [0.2, 0.25) is 0 Å². The lowest BCUT2D eigenvalue weighted by molar-refractivity contribution is 0.102. The van der Waals surface area contributed by atoms with E-state index in [0.717, 1.165) is 36.0 Å². The Kier molecular flexibility index (Phi) is 5.80. The number of carbonyl (C=O) groups excluding carboxylic acids is 1. The molecule has 0 spiro atoms. The van der Waals surface area contributed by atoms with Crippen LogP contribution >= 0.6 is 11.8 Å². The summed E-state index contributed by atoms with van der Waals surface area (Å²) < 4.78 is 1.82. The second kappa shape index (κ2) is 7.83. The number of carbonyl (C=O) groups is 1. The Morgan fingerprint density at radius 3 is 2.86 bits per heavy atom. The molecule has 0 saturated heterocycles. The van der Waals surface area contributed by atoms with Crippen LogP contribution in [0, 0.1) is 0 Å². The van der Waals surface area contributed by atoms with Crippen LogP contribution in [-0.2, 0) is 6.54 Å². The van der Waals surface area contributed by atoms with Crippen LogP contribution in [0.5, 0.6) is 0 Å². The lowest BCUT2D eigenvalue weighted by Gasteiger charge is -2.08. The number of nitrogens with one attached hydrogen (secondary N) is 1. The van der Waals surface area contributed by atoms with Crippen molar-refractivity contribution >= 4 is 23.5 Å². The van der Waals surface area contributed by atoms with Crippen LogP contribution in [-0.4, -0.2) is 26.4 Å². The van der Waals surface area contributed by atoms with Crippen molar-refractivity contribution in [3.05, 3.63) is 36.2 Å². The quantitative estimate of drug-likeness (QED) is 0.796. The Morgan fingerprint density at radius 1 is 1.33 bits per heavy atom. The van der Waals surface area contributed by atoms with E-state index in [0.29, 0.717) is 5.56 Å². The maximum atomic E-state index is 12.2. The van der Waals surface area contributed by atoms with Gasteiger partial charge in [0.05, 0.1) is 16.8 Å². The van der Waals surface area contributed by atoms with E-state index in [1.54, 1.807) is 30.2 Å². The number of amides is 1. The van der Waals surface area contributed by atoms with Crippen molar-refractivity contribution in [2.45, 2.75) is 38.3 Å². The summed E-state index contributed by atoms with van der Waals surface area (Å²) in [6.07, 6.45) is 5.44. The van der Waals surface area contributed by atoms with Gasteiger partial charge >= 0.3 is 0 Å². The molecular formula is C15H20N4OS. The highest BCUT2D eigenvalue weighted by Gasteiger charge is 2.10. The van der Waals surface area contributed by atoms with E-state index in [1.165, 1.54) is 0 Å². The summed E-state index contributed by atoms with van der Waals surface area (Å²) in [5.41, 5.74) is 0.554. The zero-order valence-corrected chi connectivity index (χ0v) is 13.2. The molecule has 1 N–H and O–H groups in total. The number of hydrogen-bond acceptors (Lipinski definition) is 4. The summed E-state index contributed by atoms with van der Waals surface area (Å²) in [6.45, 7) is 5.01. The van der Waals surface area contributed by atoms with Crippen LogP contribution in [0.15, 0.2) is 35.6 Å². The van der Waals surface area contributed by atoms with E-state index in [4.69, 9.17) is 0 Å². The highest BCUT2D eigenvalue weighted by molar-refractivity contribution is 7.99. The zero-order chi connectivity index (χ0) is 15.1. The molecule has 0 unspecified atom stereocenters. The third-order valence-electron chi connectivity index (χ3n) is 2.97. The van der Waals surface area contributed by atoms with E-state index < -0.39 is 0 Å². The van der Waals surface area contributed by atoms with Gasteiger partial charge in [-0.25, -0.2) is 9.67 Å². The summed E-state index contributed by atoms with van der Waals surface area (Å²) in [5, 5.41) is 8.04. The van der Waals surface area contributed by atoms with Crippen molar-refractivity contribution in [1.82, 2.24) is 14.8 Å². The van der Waals surface area contributed by atoms with Gasteiger partial charge in [0.1, 0.15) is 5.82 Å². The Labute approximate surface area is 129 Å². The Balaban J connectivity index is 2.02. The molecule has 6 heteroatoms. The second-order valence-electron chi connectivity index (χ2n) is 4.57. The summed E-state index contributed by atoms with van der Waals surface area (Å²) in [5.74, 6) is 1.53. The Hall–Kier alpha value is -1.82. The Morgan fingerprint density at radius 2 is 2.19 bits per heavy atom. The molecule has 0 bridgehead atoms. The van der Waals surface area contributed by atoms with E-state index in [2.05, 4.69) is 29.2 Å². The molecule has 0 aliphatic rings. The maximum absolute atomic E-state index is 12.2. The third kappa shape index (κ3) is 4.32. The minimum absolute atomic E-state index is 0.159. The van der Waals surface area contributed by atoms with E-state index >= 15 is 0 Å². The van der Waals surface area contributed by atoms with Gasteiger partial charge in [0.25, 0.3) is 5.91 Å². The van der Waals surface area contributed by atoms with Gasteiger partial charge in [-0.1, -0.05) is 20.3 Å². The zero-order valence-electron chi connectivity index (χ0n) is 12.4. The standard InChI is InChI=1S/C15H20N4OS/c1-3-5-10-19-13(8-9-17-19)18-15(20)12-6-7-14(16-11-12)21-4-2/h6-9,11H,3-5,10H2,1-2H3,(H,18,20). The lowest BCUT2D eigenvalue weighted by Crippen LogP contribution is -2.16. The SMILES string of the molecule is CCCCn1nccc1NC(=O)c1ccc(SCC)nc1. The molecule has 1 amide bonds. The Bertz CT molecular complexity index is 580. The second-order valence-corrected chi connectivity index (χ2v) is 5.85. The first-order chi connectivity index (χ1) is 10.2. The average Bonchev–Trinajstić information content (AvgIpc) is 2.93. The van der Waals surface area contributed by atoms with Crippen molar-refractivity contribution in [2.24, 2.45) is 0 Å². The minimum Gasteiger partial charge on any atom is -0.307 e. The van der Waals surface area contributed by atoms with Crippen LogP contribution in [0.1, 0.15) is 37.0 Å².